The van der Waals surface area contributed by atoms with E-state index in [0.29, 0.717) is 0 Å². The number of aromatic nitrogens is 4. The highest BCUT2D eigenvalue weighted by molar-refractivity contribution is 5.98. The number of rotatable bonds is 6. The van der Waals surface area contributed by atoms with Crippen molar-refractivity contribution in [3.05, 3.63) is 35.8 Å². The number of fused-ring (bicyclic) bond motifs is 1. The number of halogens is 6. The quantitative estimate of drug-likeness (QED) is 0.430. The standard InChI is InChI=1S/C23H21F6N7O4/c1-39-20-12(19(37)34-15-7-35(6-14(15)24)21(38)40-8-11-4-22(11,25)26)2-10(5-31-20)16-3-13(23(27,28)29)17-18(30)32-9-33-36(16)17/h2-3,5,9,11,14-15H,4,6-8H2,1H3,(H,34,37)(H2,30,32,33)/t11?,14-,15+/m0/s1. The molecule has 2 amide bonds. The van der Waals surface area contributed by atoms with Crippen molar-refractivity contribution in [2.24, 2.45) is 5.92 Å². The number of amides is 2. The number of ether oxygens (including phenoxy) is 2. The number of hydrogen-bond donors (Lipinski definition) is 2. The van der Waals surface area contributed by atoms with Crippen LogP contribution in [-0.2, 0) is 10.9 Å². The lowest BCUT2D eigenvalue weighted by atomic mass is 10.1. The van der Waals surface area contributed by atoms with Gasteiger partial charge in [-0.25, -0.2) is 32.4 Å². The Morgan fingerprint density at radius 3 is 2.60 bits per heavy atom. The molecule has 1 unspecified atom stereocenters. The lowest BCUT2D eigenvalue weighted by Gasteiger charge is -2.17. The summed E-state index contributed by atoms with van der Waals surface area (Å²) in [5, 5.41) is 6.26. The first-order valence-corrected chi connectivity index (χ1v) is 11.8. The minimum Gasteiger partial charge on any atom is -0.480 e. The van der Waals surface area contributed by atoms with Crippen LogP contribution in [0.2, 0.25) is 0 Å². The number of nitrogens with zero attached hydrogens (tertiary/aromatic N) is 5. The van der Waals surface area contributed by atoms with Crippen molar-refractivity contribution in [3.63, 3.8) is 0 Å². The largest absolute Gasteiger partial charge is 0.480 e. The maximum atomic E-state index is 14.7. The molecule has 4 heterocycles. The fourth-order valence-corrected chi connectivity index (χ4v) is 4.42. The van der Waals surface area contributed by atoms with Gasteiger partial charge in [-0.3, -0.25) is 4.79 Å². The van der Waals surface area contributed by atoms with E-state index in [-0.39, 0.29) is 29.2 Å². The molecule has 2 fully saturated rings. The topological polar surface area (TPSA) is 137 Å². The van der Waals surface area contributed by atoms with E-state index in [2.05, 4.69) is 20.4 Å². The summed E-state index contributed by atoms with van der Waals surface area (Å²) in [6.45, 7) is -1.26. The van der Waals surface area contributed by atoms with Crippen molar-refractivity contribution in [2.45, 2.75) is 30.7 Å². The number of pyridine rings is 1. The van der Waals surface area contributed by atoms with Crippen molar-refractivity contribution in [1.29, 1.82) is 0 Å². The van der Waals surface area contributed by atoms with Crippen molar-refractivity contribution < 1.29 is 45.4 Å². The van der Waals surface area contributed by atoms with E-state index >= 15 is 0 Å². The lowest BCUT2D eigenvalue weighted by Crippen LogP contribution is -2.42. The van der Waals surface area contributed by atoms with Crippen molar-refractivity contribution in [3.8, 4) is 17.1 Å². The van der Waals surface area contributed by atoms with E-state index in [4.69, 9.17) is 15.2 Å². The number of likely N-dealkylation sites (tertiary alicyclic amines) is 1. The molecule has 3 aromatic rings. The number of carbonyl (C=O) groups is 2. The molecule has 11 nitrogen and oxygen atoms in total. The third-order valence-electron chi connectivity index (χ3n) is 6.66. The summed E-state index contributed by atoms with van der Waals surface area (Å²) in [6, 6.07) is 0.765. The van der Waals surface area contributed by atoms with Crippen LogP contribution >= 0.6 is 0 Å². The van der Waals surface area contributed by atoms with Gasteiger partial charge in [0.25, 0.3) is 11.8 Å². The van der Waals surface area contributed by atoms with Gasteiger partial charge >= 0.3 is 12.3 Å². The third-order valence-corrected chi connectivity index (χ3v) is 6.66. The molecule has 1 saturated heterocycles. The fourth-order valence-electron chi connectivity index (χ4n) is 4.42. The van der Waals surface area contributed by atoms with Crippen LogP contribution in [0.4, 0.5) is 37.0 Å². The van der Waals surface area contributed by atoms with E-state index in [1.165, 1.54) is 13.2 Å². The van der Waals surface area contributed by atoms with Gasteiger partial charge in [-0.1, -0.05) is 0 Å². The highest BCUT2D eigenvalue weighted by Crippen LogP contribution is 2.48. The molecule has 0 radical (unpaired) electrons. The number of alkyl halides is 6. The van der Waals surface area contributed by atoms with Crippen LogP contribution in [0, 0.1) is 5.92 Å². The minimum atomic E-state index is -4.80. The molecule has 1 aliphatic heterocycles. The number of carbonyl (C=O) groups excluding carboxylic acids is 2. The van der Waals surface area contributed by atoms with Gasteiger partial charge in [-0.05, 0) is 12.1 Å². The molecule has 1 saturated carbocycles. The fraction of sp³-hybridized carbons (Fsp3) is 0.435. The second-order valence-corrected chi connectivity index (χ2v) is 9.37. The molecular formula is C23H21F6N7O4. The summed E-state index contributed by atoms with van der Waals surface area (Å²) in [6.07, 6.45) is -5.78. The van der Waals surface area contributed by atoms with Crippen molar-refractivity contribution in [2.75, 3.05) is 32.5 Å². The molecule has 1 aliphatic carbocycles. The van der Waals surface area contributed by atoms with Crippen LogP contribution < -0.4 is 15.8 Å². The van der Waals surface area contributed by atoms with Crippen molar-refractivity contribution >= 4 is 23.3 Å². The molecule has 0 aromatic carbocycles. The molecule has 3 atom stereocenters. The third kappa shape index (κ3) is 5.02. The number of hydrogen-bond acceptors (Lipinski definition) is 8. The first-order chi connectivity index (χ1) is 18.8. The number of nitrogens with two attached hydrogens (primary N) is 1. The molecule has 40 heavy (non-hydrogen) atoms. The van der Waals surface area contributed by atoms with Crippen LogP contribution in [0.3, 0.4) is 0 Å². The molecule has 214 valence electrons. The van der Waals surface area contributed by atoms with Gasteiger partial charge in [0.05, 0.1) is 36.9 Å². The van der Waals surface area contributed by atoms with Gasteiger partial charge in [0.15, 0.2) is 5.82 Å². The monoisotopic (exact) mass is 573 g/mol. The average molecular weight is 573 g/mol. The van der Waals surface area contributed by atoms with Crippen LogP contribution in [0.1, 0.15) is 22.3 Å². The van der Waals surface area contributed by atoms with E-state index < -0.39 is 78.7 Å². The Morgan fingerprint density at radius 1 is 1.23 bits per heavy atom. The molecule has 2 aliphatic rings. The molecule has 0 spiro atoms. The van der Waals surface area contributed by atoms with Crippen LogP contribution in [0.25, 0.3) is 16.8 Å². The second-order valence-electron chi connectivity index (χ2n) is 9.37. The van der Waals surface area contributed by atoms with E-state index in [0.717, 1.165) is 28.0 Å². The Kier molecular flexibility index (Phi) is 6.62. The molecule has 5 rings (SSSR count). The normalized spacial score (nSPS) is 21.9. The van der Waals surface area contributed by atoms with Gasteiger partial charge in [0.2, 0.25) is 5.88 Å². The minimum absolute atomic E-state index is 0.0276. The van der Waals surface area contributed by atoms with Gasteiger partial charge in [-0.15, -0.1) is 0 Å². The maximum Gasteiger partial charge on any atom is 0.418 e. The molecule has 17 heteroatoms. The Balaban J connectivity index is 1.36. The van der Waals surface area contributed by atoms with Gasteiger partial charge in [0, 0.05) is 24.7 Å². The number of nitrogen functional groups attached to an aromatic ring is 1. The van der Waals surface area contributed by atoms with Gasteiger partial charge in [0.1, 0.15) is 30.2 Å². The summed E-state index contributed by atoms with van der Waals surface area (Å²) >= 11 is 0. The van der Waals surface area contributed by atoms with E-state index in [1.54, 1.807) is 0 Å². The summed E-state index contributed by atoms with van der Waals surface area (Å²) in [7, 11) is 1.20. The lowest BCUT2D eigenvalue weighted by molar-refractivity contribution is -0.136. The number of anilines is 1. The zero-order valence-electron chi connectivity index (χ0n) is 20.6. The summed E-state index contributed by atoms with van der Waals surface area (Å²) in [5.41, 5.74) is 3.76. The smallest absolute Gasteiger partial charge is 0.418 e. The molecule has 3 aromatic heterocycles. The predicted octanol–water partition coefficient (Wildman–Crippen LogP) is 2.94. The number of methoxy groups -OCH3 is 1. The van der Waals surface area contributed by atoms with E-state index in [1.807, 2.05) is 0 Å². The molecular weight excluding hydrogens is 552 g/mol. The van der Waals surface area contributed by atoms with Crippen LogP contribution in [0.15, 0.2) is 24.7 Å². The average Bonchev–Trinajstić information content (AvgIpc) is 3.18. The summed E-state index contributed by atoms with van der Waals surface area (Å²) < 4.78 is 92.7. The first-order valence-electron chi connectivity index (χ1n) is 11.8. The SMILES string of the molecule is COc1ncc(-c2cc(C(F)(F)F)c3c(N)ncnn23)cc1C(=O)N[C@@H]1CN(C(=O)OCC2CC2(F)F)C[C@@H]1F. The van der Waals surface area contributed by atoms with Gasteiger partial charge < -0.3 is 25.4 Å². The summed E-state index contributed by atoms with van der Waals surface area (Å²) in [4.78, 5) is 33.9. The van der Waals surface area contributed by atoms with Crippen LogP contribution in [-0.4, -0.2) is 81.4 Å². The Hall–Kier alpha value is -4.31. The highest BCUT2D eigenvalue weighted by atomic mass is 19.4. The zero-order chi connectivity index (χ0) is 29.0. The Morgan fingerprint density at radius 2 is 1.95 bits per heavy atom. The predicted molar refractivity (Wildman–Crippen MR) is 124 cm³/mol. The zero-order valence-corrected chi connectivity index (χ0v) is 20.6. The maximum absolute atomic E-state index is 14.7. The second kappa shape index (κ2) is 9.71. The van der Waals surface area contributed by atoms with Crippen LogP contribution in [0.5, 0.6) is 5.88 Å². The first kappa shape index (κ1) is 27.3. The van der Waals surface area contributed by atoms with Gasteiger partial charge in [-0.2, -0.15) is 18.3 Å². The summed E-state index contributed by atoms with van der Waals surface area (Å²) in [5.74, 6) is -5.47. The highest BCUT2D eigenvalue weighted by Gasteiger charge is 2.57. The Labute approximate surface area is 221 Å². The number of nitrogens with one attached hydrogen (secondary N) is 1. The Bertz CT molecular complexity index is 1480. The molecule has 0 bridgehead atoms. The van der Waals surface area contributed by atoms with E-state index in [9.17, 15) is 35.9 Å². The molecule has 3 N–H and O–H groups in total. The van der Waals surface area contributed by atoms with Crippen molar-refractivity contribution in [1.82, 2.24) is 29.8 Å².